The quantitative estimate of drug-likeness (QED) is 0.111. The van der Waals surface area contributed by atoms with E-state index in [2.05, 4.69) is 4.65 Å². The number of hydrogen-bond donors (Lipinski definition) is 0. The van der Waals surface area contributed by atoms with Crippen LogP contribution in [0.1, 0.15) is 46.4 Å². The summed E-state index contributed by atoms with van der Waals surface area (Å²) < 4.78 is 42.6. The molecule has 3 aliphatic heterocycles. The second kappa shape index (κ2) is 16.6. The number of nitrogens with zero attached hydrogens (tertiary/aromatic N) is 3. The van der Waals surface area contributed by atoms with Gasteiger partial charge in [0.15, 0.2) is 24.2 Å². The van der Waals surface area contributed by atoms with E-state index in [0.29, 0.717) is 42.1 Å². The molecule has 12 nitrogen and oxygen atoms in total. The van der Waals surface area contributed by atoms with Gasteiger partial charge in [-0.2, -0.15) is 4.57 Å². The van der Waals surface area contributed by atoms with Crippen LogP contribution in [0, 0.1) is 0 Å². The van der Waals surface area contributed by atoms with Crippen molar-refractivity contribution in [3.05, 3.63) is 118 Å². The average Bonchev–Trinajstić information content (AvgIpc) is 3.43. The summed E-state index contributed by atoms with van der Waals surface area (Å²) in [5.41, 5.74) is 3.97. The van der Waals surface area contributed by atoms with Crippen molar-refractivity contribution in [2.45, 2.75) is 50.8 Å². The lowest BCUT2D eigenvalue weighted by Crippen LogP contribution is -2.59. The zero-order valence-electron chi connectivity index (χ0n) is 30.3. The van der Waals surface area contributed by atoms with E-state index in [9.17, 15) is 18.6 Å². The number of anilines is 1. The van der Waals surface area contributed by atoms with Gasteiger partial charge in [-0.3, -0.25) is 18.7 Å². The van der Waals surface area contributed by atoms with Gasteiger partial charge < -0.3 is 28.5 Å². The monoisotopic (exact) mass is 782 g/mol. The Balaban J connectivity index is 1.20. The summed E-state index contributed by atoms with van der Waals surface area (Å²) in [4.78, 5) is 42.9. The number of fused-ring (bicyclic) bond motifs is 2. The highest BCUT2D eigenvalue weighted by molar-refractivity contribution is 7.86. The number of hydrogen-bond acceptors (Lipinski definition) is 9. The molecule has 3 aromatic carbocycles. The molecule has 0 bridgehead atoms. The van der Waals surface area contributed by atoms with Crippen molar-refractivity contribution >= 4 is 53.9 Å². The molecule has 1 unspecified atom stereocenters. The van der Waals surface area contributed by atoms with Gasteiger partial charge in [0.05, 0.1) is 37.0 Å². The zero-order chi connectivity index (χ0) is 38.6. The van der Waals surface area contributed by atoms with E-state index < -0.39 is 22.1 Å². The van der Waals surface area contributed by atoms with Gasteiger partial charge in [0.2, 0.25) is 11.6 Å². The van der Waals surface area contributed by atoms with Gasteiger partial charge in [0, 0.05) is 35.4 Å². The molecular weight excluding hydrogens is 745 g/mol. The molecule has 2 atom stereocenters. The van der Waals surface area contributed by atoms with Crippen LogP contribution in [0.2, 0.25) is 5.02 Å². The third kappa shape index (κ3) is 7.79. The van der Waals surface area contributed by atoms with Gasteiger partial charge in [-0.15, -0.1) is 0 Å². The number of pyridine rings is 1. The number of carbonyl (C=O) groups is 3. The van der Waals surface area contributed by atoms with Crippen molar-refractivity contribution in [3.8, 4) is 23.0 Å². The Hall–Kier alpha value is -5.34. The topological polar surface area (TPSA) is 125 Å². The molecule has 7 rings (SSSR count). The number of β-lactam (4-membered cyclic amide) rings is 1. The van der Waals surface area contributed by atoms with E-state index in [0.717, 1.165) is 29.0 Å². The lowest BCUT2D eigenvalue weighted by atomic mass is 10.1. The molecule has 1 aromatic heterocycles. The lowest BCUT2D eigenvalue weighted by Gasteiger charge is -2.43. The molecule has 0 spiro atoms. The summed E-state index contributed by atoms with van der Waals surface area (Å²) in [6, 6.07) is 21.9. The minimum Gasteiger partial charge on any atom is -0.539 e. The molecule has 282 valence electrons. The molecule has 0 aliphatic carbocycles. The molecule has 15 heteroatoms. The first-order valence-corrected chi connectivity index (χ1v) is 19.5. The first-order chi connectivity index (χ1) is 26.7. The number of amides is 2. The molecule has 2 radical (unpaired) electrons. The van der Waals surface area contributed by atoms with E-state index in [1.165, 1.54) is 4.90 Å². The van der Waals surface area contributed by atoms with E-state index in [4.69, 9.17) is 38.6 Å². The first-order valence-electron chi connectivity index (χ1n) is 17.7. The molecule has 4 aromatic rings. The lowest BCUT2D eigenvalue weighted by molar-refractivity contribution is -0.695. The molecule has 1 fully saturated rings. The fraction of sp³-hybridized carbons (Fsp3) is 0.300. The number of aromatic nitrogens is 1. The van der Waals surface area contributed by atoms with Crippen molar-refractivity contribution in [3.63, 3.8) is 0 Å². The largest absolute Gasteiger partial charge is 0.539 e. The van der Waals surface area contributed by atoms with Crippen LogP contribution in [0.15, 0.2) is 90.3 Å². The third-order valence-electron chi connectivity index (χ3n) is 9.89. The smallest absolute Gasteiger partial charge is 0.378 e. The standard InChI is InChI=1S/C40H38BClN3O9S/c1-50-28-12-8-25(9-13-28)22-52-33-17-16-30(36(42)38(33)53-23-26-10-14-29(51-2)15-11-26)39(47)44-19-4-3-6-31-32(44)7-5-18-43(31)21-27-24-55(49)35-20-34(46)45(35)37(27)40(48)54-41/h5,7-18,35H,3-4,6,19-24H2,1-2H3/q+1/t35-,55?/m1/s1. The van der Waals surface area contributed by atoms with Gasteiger partial charge in [0.1, 0.15) is 41.5 Å². The number of halogens is 1. The predicted octanol–water partition coefficient (Wildman–Crippen LogP) is 4.99. The van der Waals surface area contributed by atoms with Crippen LogP contribution in [-0.2, 0) is 51.2 Å². The highest BCUT2D eigenvalue weighted by Crippen LogP contribution is 2.41. The van der Waals surface area contributed by atoms with Crippen molar-refractivity contribution in [2.24, 2.45) is 0 Å². The van der Waals surface area contributed by atoms with E-state index in [1.54, 1.807) is 31.3 Å². The molecule has 3 aliphatic rings. The normalized spacial score (nSPS) is 17.7. The van der Waals surface area contributed by atoms with E-state index >= 15 is 0 Å². The van der Waals surface area contributed by atoms with Crippen molar-refractivity contribution in [1.82, 2.24) is 4.90 Å². The molecule has 0 N–H and O–H groups in total. The average molecular weight is 783 g/mol. The summed E-state index contributed by atoms with van der Waals surface area (Å²) in [5.74, 6) is 0.607. The highest BCUT2D eigenvalue weighted by atomic mass is 35.5. The second-order valence-corrected chi connectivity index (χ2v) is 15.2. The maximum atomic E-state index is 14.6. The van der Waals surface area contributed by atoms with E-state index in [1.807, 2.05) is 71.4 Å². The maximum Gasteiger partial charge on any atom is 0.378 e. The van der Waals surface area contributed by atoms with Crippen LogP contribution in [-0.4, -0.2) is 66.8 Å². The minimum atomic E-state index is -1.40. The Labute approximate surface area is 327 Å². The Morgan fingerprint density at radius 2 is 1.60 bits per heavy atom. The summed E-state index contributed by atoms with van der Waals surface area (Å²) in [5, 5.41) is -0.473. The maximum absolute atomic E-state index is 14.6. The number of ether oxygens (including phenoxy) is 4. The summed E-state index contributed by atoms with van der Waals surface area (Å²) in [7, 11) is 7.07. The summed E-state index contributed by atoms with van der Waals surface area (Å²) >= 11 is 7.09. The summed E-state index contributed by atoms with van der Waals surface area (Å²) in [6.45, 7) is 0.928. The molecule has 0 saturated carbocycles. The van der Waals surface area contributed by atoms with Crippen molar-refractivity contribution < 1.29 is 46.8 Å². The number of methoxy groups -OCH3 is 2. The van der Waals surface area contributed by atoms with Crippen LogP contribution >= 0.6 is 11.6 Å². The molecular formula is C40H38BClN3O9S+. The summed E-state index contributed by atoms with van der Waals surface area (Å²) in [6.07, 6.45) is 4.05. The van der Waals surface area contributed by atoms with Gasteiger partial charge in [-0.25, -0.2) is 4.79 Å². The van der Waals surface area contributed by atoms with Crippen molar-refractivity contribution in [1.29, 1.82) is 0 Å². The van der Waals surface area contributed by atoms with Crippen LogP contribution in [0.3, 0.4) is 0 Å². The van der Waals surface area contributed by atoms with Gasteiger partial charge in [0.25, 0.3) is 5.91 Å². The first kappa shape index (κ1) is 38.0. The SMILES string of the molecule is [B]OC(=O)C1=C(C[n+]2cccc3c2CCCCN3C(=O)c2ccc(OCc3ccc(OC)cc3)c(OCc3ccc(OC)cc3)c2Cl)CS(=O)[C@@H]2CC(=O)N12. The fourth-order valence-electron chi connectivity index (χ4n) is 6.99. The van der Waals surface area contributed by atoms with Crippen LogP contribution in [0.25, 0.3) is 0 Å². The molecule has 2 amide bonds. The Morgan fingerprint density at radius 1 is 0.927 bits per heavy atom. The number of carbonyl (C=O) groups excluding carboxylic acids is 3. The van der Waals surface area contributed by atoms with Gasteiger partial charge >= 0.3 is 14.0 Å². The number of benzene rings is 3. The van der Waals surface area contributed by atoms with Crippen molar-refractivity contribution in [2.75, 3.05) is 31.4 Å². The zero-order valence-corrected chi connectivity index (χ0v) is 31.9. The Morgan fingerprint density at radius 3 is 2.24 bits per heavy atom. The molecule has 55 heavy (non-hydrogen) atoms. The predicted molar refractivity (Wildman–Crippen MR) is 204 cm³/mol. The molecule has 4 heterocycles. The highest BCUT2D eigenvalue weighted by Gasteiger charge is 2.49. The number of rotatable bonds is 12. The van der Waals surface area contributed by atoms with E-state index in [-0.39, 0.29) is 65.8 Å². The Bertz CT molecular complexity index is 2180. The Kier molecular flexibility index (Phi) is 11.4. The van der Waals surface area contributed by atoms with Gasteiger partial charge in [-0.05, 0) is 66.4 Å². The minimum absolute atomic E-state index is 0.0262. The van der Waals surface area contributed by atoms with Gasteiger partial charge in [-0.1, -0.05) is 35.9 Å². The third-order valence-corrected chi connectivity index (χ3v) is 11.9. The molecule has 1 saturated heterocycles. The second-order valence-electron chi connectivity index (χ2n) is 13.2. The fourth-order valence-corrected chi connectivity index (χ4v) is 8.83. The van der Waals surface area contributed by atoms with Crippen LogP contribution in [0.5, 0.6) is 23.0 Å². The van der Waals surface area contributed by atoms with Crippen LogP contribution in [0.4, 0.5) is 5.69 Å². The van der Waals surface area contributed by atoms with Crippen LogP contribution < -0.4 is 28.4 Å².